The first kappa shape index (κ1) is 7.80. The van der Waals surface area contributed by atoms with Crippen molar-refractivity contribution in [2.75, 3.05) is 0 Å². The summed E-state index contributed by atoms with van der Waals surface area (Å²) >= 11 is 0. The van der Waals surface area contributed by atoms with E-state index in [1.165, 1.54) is 0 Å². The molecule has 0 amide bonds. The molecule has 1 N–H and O–H groups in total. The van der Waals surface area contributed by atoms with Gasteiger partial charge in [-0.15, -0.1) is 0 Å². The van der Waals surface area contributed by atoms with Gasteiger partial charge in [-0.1, -0.05) is 19.0 Å². The fourth-order valence-electron chi connectivity index (χ4n) is 3.54. The van der Waals surface area contributed by atoms with Crippen molar-refractivity contribution in [3.8, 4) is 0 Å². The van der Waals surface area contributed by atoms with Gasteiger partial charge in [0.15, 0.2) is 0 Å². The molecular formula is C10H15NO2. The van der Waals surface area contributed by atoms with E-state index in [1.54, 1.807) is 0 Å². The van der Waals surface area contributed by atoms with Crippen LogP contribution >= 0.6 is 0 Å². The molecule has 0 radical (unpaired) electrons. The molecule has 4 rings (SSSR count). The van der Waals surface area contributed by atoms with E-state index in [-0.39, 0.29) is 17.1 Å². The summed E-state index contributed by atoms with van der Waals surface area (Å²) < 4.78 is 5.67. The summed E-state index contributed by atoms with van der Waals surface area (Å²) in [6.07, 6.45) is 1.26. The Balaban J connectivity index is 2.06. The summed E-state index contributed by atoms with van der Waals surface area (Å²) in [5.74, 6) is 1.10. The van der Waals surface area contributed by atoms with Crippen LogP contribution in [0, 0.1) is 17.3 Å². The first-order valence-corrected chi connectivity index (χ1v) is 4.91. The summed E-state index contributed by atoms with van der Waals surface area (Å²) in [6, 6.07) is 0. The lowest BCUT2D eigenvalue weighted by atomic mass is 9.45. The molecule has 3 saturated carbocycles. The quantitative estimate of drug-likeness (QED) is 0.351. The average molecular weight is 181 g/mol. The topological polar surface area (TPSA) is 45.1 Å². The van der Waals surface area contributed by atoms with Crippen LogP contribution in [0.4, 0.5) is 0 Å². The lowest BCUT2D eigenvalue weighted by Gasteiger charge is -2.57. The Morgan fingerprint density at radius 2 is 2.15 bits per heavy atom. The first-order valence-electron chi connectivity index (χ1n) is 4.91. The van der Waals surface area contributed by atoms with Crippen molar-refractivity contribution in [2.45, 2.75) is 38.9 Å². The van der Waals surface area contributed by atoms with Crippen LogP contribution in [0.1, 0.15) is 27.2 Å². The number of hydrogen-bond donors (Lipinski definition) is 1. The van der Waals surface area contributed by atoms with Gasteiger partial charge in [0, 0.05) is 5.92 Å². The number of oxime groups is 1. The van der Waals surface area contributed by atoms with E-state index in [0.29, 0.717) is 11.8 Å². The summed E-state index contributed by atoms with van der Waals surface area (Å²) in [5.41, 5.74) is 1.14. The number of hydrogen-bond acceptors (Lipinski definition) is 3. The van der Waals surface area contributed by atoms with E-state index in [0.717, 1.165) is 12.1 Å². The first-order chi connectivity index (χ1) is 6.02. The Morgan fingerprint density at radius 1 is 1.46 bits per heavy atom. The molecule has 4 atom stereocenters. The van der Waals surface area contributed by atoms with Crippen molar-refractivity contribution in [2.24, 2.45) is 22.4 Å². The zero-order valence-electron chi connectivity index (χ0n) is 8.24. The van der Waals surface area contributed by atoms with Crippen LogP contribution in [0.15, 0.2) is 5.16 Å². The van der Waals surface area contributed by atoms with Crippen molar-refractivity contribution in [3.63, 3.8) is 0 Å². The second-order valence-corrected chi connectivity index (χ2v) is 5.37. The molecule has 72 valence electrons. The van der Waals surface area contributed by atoms with E-state index in [1.807, 2.05) is 0 Å². The normalized spacial score (nSPS) is 58.4. The van der Waals surface area contributed by atoms with Crippen molar-refractivity contribution >= 4 is 5.71 Å². The summed E-state index contributed by atoms with van der Waals surface area (Å²) in [7, 11) is 0. The zero-order chi connectivity index (χ0) is 9.43. The van der Waals surface area contributed by atoms with Crippen molar-refractivity contribution in [1.82, 2.24) is 0 Å². The van der Waals surface area contributed by atoms with Gasteiger partial charge in [0.2, 0.25) is 0 Å². The second kappa shape index (κ2) is 1.78. The lowest BCUT2D eigenvalue weighted by molar-refractivity contribution is -0.0350. The Morgan fingerprint density at radius 3 is 2.69 bits per heavy atom. The van der Waals surface area contributed by atoms with Gasteiger partial charge in [0.1, 0.15) is 11.7 Å². The third-order valence-corrected chi connectivity index (χ3v) is 4.54. The average Bonchev–Trinajstić information content (AvgIpc) is 2.74. The third kappa shape index (κ3) is 0.622. The fourth-order valence-corrected chi connectivity index (χ4v) is 3.54. The predicted octanol–water partition coefficient (Wildman–Crippen LogP) is 1.65. The Kier molecular flexibility index (Phi) is 1.07. The molecule has 1 aliphatic heterocycles. The monoisotopic (exact) mass is 181 g/mol. The van der Waals surface area contributed by atoms with Gasteiger partial charge in [0.05, 0.1) is 5.71 Å². The van der Waals surface area contributed by atoms with Crippen LogP contribution in [0.25, 0.3) is 0 Å². The van der Waals surface area contributed by atoms with Crippen molar-refractivity contribution in [1.29, 1.82) is 0 Å². The minimum Gasteiger partial charge on any atom is -0.411 e. The van der Waals surface area contributed by atoms with Gasteiger partial charge >= 0.3 is 0 Å². The molecule has 0 spiro atoms. The molecule has 0 aromatic rings. The summed E-state index contributed by atoms with van der Waals surface area (Å²) in [4.78, 5) is 0. The predicted molar refractivity (Wildman–Crippen MR) is 47.9 cm³/mol. The van der Waals surface area contributed by atoms with Crippen LogP contribution in [0.5, 0.6) is 0 Å². The molecule has 4 aliphatic rings. The summed E-state index contributed by atoms with van der Waals surface area (Å²) in [5, 5.41) is 12.4. The SMILES string of the molecule is CC1(C)C2CC1C1(C)OC1/C2=N\O. The van der Waals surface area contributed by atoms with E-state index in [9.17, 15) is 0 Å². The molecule has 1 saturated heterocycles. The molecule has 4 fully saturated rings. The Bertz CT molecular complexity index is 305. The van der Waals surface area contributed by atoms with Gasteiger partial charge in [-0.2, -0.15) is 0 Å². The molecule has 0 aromatic heterocycles. The number of ether oxygens (including phenoxy) is 1. The van der Waals surface area contributed by atoms with Crippen LogP contribution < -0.4 is 0 Å². The van der Waals surface area contributed by atoms with Crippen molar-refractivity contribution < 1.29 is 9.94 Å². The summed E-state index contributed by atoms with van der Waals surface area (Å²) in [6.45, 7) is 6.64. The number of nitrogens with zero attached hydrogens (tertiary/aromatic N) is 1. The maximum absolute atomic E-state index is 8.94. The maximum Gasteiger partial charge on any atom is 0.129 e. The standard InChI is InChI=1S/C10H15NO2/c1-9(2)5-4-6(9)10(3)8(13-10)7(5)11-12/h5-6,8,12H,4H2,1-3H3/b11-7-. The van der Waals surface area contributed by atoms with Gasteiger partial charge in [-0.3, -0.25) is 0 Å². The van der Waals surface area contributed by atoms with E-state index < -0.39 is 0 Å². The van der Waals surface area contributed by atoms with E-state index in [4.69, 9.17) is 9.94 Å². The molecule has 4 unspecified atom stereocenters. The molecule has 0 aromatic carbocycles. The fraction of sp³-hybridized carbons (Fsp3) is 0.900. The number of epoxide rings is 1. The van der Waals surface area contributed by atoms with E-state index >= 15 is 0 Å². The lowest BCUT2D eigenvalue weighted by Crippen LogP contribution is -2.60. The maximum atomic E-state index is 8.94. The van der Waals surface area contributed by atoms with Crippen LogP contribution in [-0.4, -0.2) is 22.6 Å². The van der Waals surface area contributed by atoms with Gasteiger partial charge < -0.3 is 9.94 Å². The molecule has 2 bridgehead atoms. The highest BCUT2D eigenvalue weighted by Gasteiger charge is 2.75. The Hall–Kier alpha value is -0.570. The molecule has 13 heavy (non-hydrogen) atoms. The minimum absolute atomic E-state index is 0.0141. The second-order valence-electron chi connectivity index (χ2n) is 5.37. The molecular weight excluding hydrogens is 166 g/mol. The Labute approximate surface area is 77.8 Å². The third-order valence-electron chi connectivity index (χ3n) is 4.54. The highest BCUT2D eigenvalue weighted by atomic mass is 16.6. The van der Waals surface area contributed by atoms with Gasteiger partial charge in [0.25, 0.3) is 0 Å². The largest absolute Gasteiger partial charge is 0.411 e. The van der Waals surface area contributed by atoms with Crippen LogP contribution in [0.2, 0.25) is 0 Å². The molecule has 1 heterocycles. The minimum atomic E-state index is -0.0141. The van der Waals surface area contributed by atoms with Crippen LogP contribution in [0.3, 0.4) is 0 Å². The van der Waals surface area contributed by atoms with E-state index in [2.05, 4.69) is 25.9 Å². The smallest absolute Gasteiger partial charge is 0.129 e. The highest BCUT2D eigenvalue weighted by molar-refractivity contribution is 5.97. The van der Waals surface area contributed by atoms with Gasteiger partial charge in [-0.05, 0) is 24.7 Å². The molecule has 3 nitrogen and oxygen atoms in total. The zero-order valence-corrected chi connectivity index (χ0v) is 8.24. The number of rotatable bonds is 0. The molecule has 3 heteroatoms. The van der Waals surface area contributed by atoms with Crippen molar-refractivity contribution in [3.05, 3.63) is 0 Å². The molecule has 3 aliphatic carbocycles. The van der Waals surface area contributed by atoms with Crippen LogP contribution in [-0.2, 0) is 4.74 Å². The van der Waals surface area contributed by atoms with Gasteiger partial charge in [-0.25, -0.2) is 0 Å². The highest BCUT2D eigenvalue weighted by Crippen LogP contribution is 2.68.